The van der Waals surface area contributed by atoms with Gasteiger partial charge in [-0.05, 0) is 47.3 Å². The largest absolute Gasteiger partial charge is 0.661 e. The van der Waals surface area contributed by atoms with E-state index in [1.807, 2.05) is 36.4 Å². The normalized spacial score (nSPS) is 11.8. The molecular formula is C37H49FeN2-. The zero-order chi connectivity index (χ0) is 29.1. The molecule has 0 amide bonds. The van der Waals surface area contributed by atoms with E-state index in [0.29, 0.717) is 23.7 Å². The number of aliphatic imine (C=N–C) groups is 1. The summed E-state index contributed by atoms with van der Waals surface area (Å²) in [6.07, 6.45) is 3.95. The first-order valence-corrected chi connectivity index (χ1v) is 14.3. The van der Waals surface area contributed by atoms with Gasteiger partial charge in [-0.15, -0.1) is 5.69 Å². The van der Waals surface area contributed by atoms with Crippen LogP contribution >= 0.6 is 0 Å². The second-order valence-electron chi connectivity index (χ2n) is 11.5. The van der Waals surface area contributed by atoms with E-state index in [2.05, 4.69) is 118 Å². The van der Waals surface area contributed by atoms with Crippen LogP contribution in [0.1, 0.15) is 121 Å². The first kappa shape index (κ1) is 35.2. The van der Waals surface area contributed by atoms with Crippen molar-refractivity contribution < 1.29 is 17.1 Å². The van der Waals surface area contributed by atoms with Crippen molar-refractivity contribution in [3.8, 4) is 0 Å². The van der Waals surface area contributed by atoms with Gasteiger partial charge in [-0.25, -0.2) is 0 Å². The number of para-hydroxylation sites is 2. The van der Waals surface area contributed by atoms with Gasteiger partial charge in [0.25, 0.3) is 0 Å². The average Bonchev–Trinajstić information content (AvgIpc) is 2.89. The number of rotatable bonds is 9. The van der Waals surface area contributed by atoms with Crippen molar-refractivity contribution in [1.82, 2.24) is 0 Å². The molecule has 0 aromatic heterocycles. The van der Waals surface area contributed by atoms with Crippen LogP contribution in [0.15, 0.2) is 90.1 Å². The zero-order valence-electron chi connectivity index (χ0n) is 26.3. The van der Waals surface area contributed by atoms with Crippen LogP contribution in [0.25, 0.3) is 11.4 Å². The minimum absolute atomic E-state index is 0. The van der Waals surface area contributed by atoms with Gasteiger partial charge in [0.1, 0.15) is 0 Å². The van der Waals surface area contributed by atoms with Crippen LogP contribution in [0.2, 0.25) is 0 Å². The van der Waals surface area contributed by atoms with Crippen LogP contribution in [-0.2, 0) is 17.1 Å². The topological polar surface area (TPSA) is 26.5 Å². The maximum absolute atomic E-state index is 5.08. The average molecular weight is 578 g/mol. The van der Waals surface area contributed by atoms with Gasteiger partial charge >= 0.3 is 0 Å². The van der Waals surface area contributed by atoms with E-state index in [1.54, 1.807) is 0 Å². The Morgan fingerprint density at radius 1 is 0.650 bits per heavy atom. The third kappa shape index (κ3) is 10.3. The maximum Gasteiger partial charge on any atom is 0.0701 e. The molecule has 0 bridgehead atoms. The second kappa shape index (κ2) is 17.1. The SMILES string of the molecule is C=Cc1ccccc1.CC(/C=C(/C)[N-]c1c(C(C)C)cccc1C(C)C)=Nc1c(C(C)C)cccc1C(C)C.[Fe]. The minimum Gasteiger partial charge on any atom is -0.661 e. The van der Waals surface area contributed by atoms with Gasteiger partial charge in [0, 0.05) is 22.8 Å². The molecule has 0 aliphatic carbocycles. The Morgan fingerprint density at radius 2 is 1.07 bits per heavy atom. The van der Waals surface area contributed by atoms with Crippen LogP contribution < -0.4 is 0 Å². The van der Waals surface area contributed by atoms with Crippen molar-refractivity contribution in [2.45, 2.75) is 92.9 Å². The van der Waals surface area contributed by atoms with Gasteiger partial charge in [0.05, 0.1) is 5.69 Å². The summed E-state index contributed by atoms with van der Waals surface area (Å²) in [6.45, 7) is 25.7. The molecule has 0 saturated heterocycles. The molecule has 3 rings (SSSR count). The summed E-state index contributed by atoms with van der Waals surface area (Å²) < 4.78 is 0. The number of nitrogens with zero attached hydrogens (tertiary/aromatic N) is 2. The van der Waals surface area contributed by atoms with Crippen molar-refractivity contribution in [3.05, 3.63) is 118 Å². The van der Waals surface area contributed by atoms with Crippen molar-refractivity contribution >= 4 is 23.2 Å². The standard InChI is InChI=1S/C29H41N2.C8H8.Fe/c1-18(2)24-13-11-14-25(19(3)4)28(24)30-22(9)17-23(10)31-29-26(20(5)6)15-12-16-27(29)21(7)8;1-2-8-6-4-3-5-7-8;/h11-21H,1-10H3;2-7H,1H2;/q-1;;/b22-17-,31-23?;;. The maximum atomic E-state index is 5.08. The fourth-order valence-corrected chi connectivity index (χ4v) is 4.59. The number of allylic oxidation sites excluding steroid dienone is 2. The van der Waals surface area contributed by atoms with Crippen molar-refractivity contribution in [3.63, 3.8) is 0 Å². The van der Waals surface area contributed by atoms with Crippen molar-refractivity contribution in [2.75, 3.05) is 0 Å². The first-order valence-electron chi connectivity index (χ1n) is 14.3. The van der Waals surface area contributed by atoms with Gasteiger partial charge in [-0.3, -0.25) is 4.99 Å². The molecule has 0 heterocycles. The molecular weight excluding hydrogens is 528 g/mol. The van der Waals surface area contributed by atoms with Gasteiger partial charge in [-0.2, -0.15) is 5.70 Å². The fraction of sp³-hybridized carbons (Fsp3) is 0.378. The Labute approximate surface area is 255 Å². The Kier molecular flexibility index (Phi) is 15.0. The van der Waals surface area contributed by atoms with E-state index in [0.717, 1.165) is 22.8 Å². The summed E-state index contributed by atoms with van der Waals surface area (Å²) in [6, 6.07) is 23.2. The van der Waals surface area contributed by atoms with Gasteiger partial charge in [-0.1, -0.05) is 159 Å². The van der Waals surface area contributed by atoms with Crippen LogP contribution in [-0.4, -0.2) is 5.71 Å². The Morgan fingerprint density at radius 3 is 1.45 bits per heavy atom. The van der Waals surface area contributed by atoms with Crippen LogP contribution in [0.4, 0.5) is 11.4 Å². The van der Waals surface area contributed by atoms with Gasteiger partial charge in [0.15, 0.2) is 0 Å². The van der Waals surface area contributed by atoms with Gasteiger partial charge < -0.3 is 5.32 Å². The van der Waals surface area contributed by atoms with E-state index >= 15 is 0 Å². The molecule has 3 aromatic carbocycles. The summed E-state index contributed by atoms with van der Waals surface area (Å²) in [7, 11) is 0. The summed E-state index contributed by atoms with van der Waals surface area (Å²) in [5.41, 5.74) is 10.6. The summed E-state index contributed by atoms with van der Waals surface area (Å²) in [4.78, 5) is 5.08. The predicted octanol–water partition coefficient (Wildman–Crippen LogP) is 12.2. The van der Waals surface area contributed by atoms with Crippen LogP contribution in [0.5, 0.6) is 0 Å². The molecule has 0 saturated carbocycles. The molecule has 0 radical (unpaired) electrons. The number of hydrogen-bond acceptors (Lipinski definition) is 1. The first-order chi connectivity index (χ1) is 18.5. The molecule has 0 aliphatic rings. The van der Waals surface area contributed by atoms with E-state index in [-0.39, 0.29) is 17.1 Å². The van der Waals surface area contributed by atoms with E-state index in [4.69, 9.17) is 10.3 Å². The van der Waals surface area contributed by atoms with E-state index in [9.17, 15) is 0 Å². The van der Waals surface area contributed by atoms with E-state index in [1.165, 1.54) is 27.8 Å². The molecule has 40 heavy (non-hydrogen) atoms. The van der Waals surface area contributed by atoms with Gasteiger partial charge in [0.2, 0.25) is 0 Å². The zero-order valence-corrected chi connectivity index (χ0v) is 27.4. The van der Waals surface area contributed by atoms with E-state index < -0.39 is 0 Å². The van der Waals surface area contributed by atoms with Crippen LogP contribution in [0, 0.1) is 0 Å². The third-order valence-electron chi connectivity index (χ3n) is 6.71. The molecule has 3 aromatic rings. The second-order valence-corrected chi connectivity index (χ2v) is 11.5. The molecule has 0 N–H and O–H groups in total. The van der Waals surface area contributed by atoms with Crippen molar-refractivity contribution in [1.29, 1.82) is 0 Å². The molecule has 0 fully saturated rings. The molecule has 0 atom stereocenters. The van der Waals surface area contributed by atoms with Crippen molar-refractivity contribution in [2.24, 2.45) is 4.99 Å². The Balaban J connectivity index is 0.000000761. The molecule has 0 aliphatic heterocycles. The minimum atomic E-state index is 0. The summed E-state index contributed by atoms with van der Waals surface area (Å²) >= 11 is 0. The smallest absolute Gasteiger partial charge is 0.0701 e. The predicted molar refractivity (Wildman–Crippen MR) is 175 cm³/mol. The summed E-state index contributed by atoms with van der Waals surface area (Å²) in [5, 5.41) is 5.08. The quantitative estimate of drug-likeness (QED) is 0.179. The molecule has 216 valence electrons. The molecule has 2 nitrogen and oxygen atoms in total. The Bertz CT molecular complexity index is 1210. The number of hydrogen-bond donors (Lipinski definition) is 0. The molecule has 3 heteroatoms. The Hall–Kier alpha value is -2.87. The number of benzene rings is 3. The molecule has 0 spiro atoms. The fourth-order valence-electron chi connectivity index (χ4n) is 4.59. The molecule has 0 unspecified atom stereocenters. The third-order valence-corrected chi connectivity index (χ3v) is 6.71. The summed E-state index contributed by atoms with van der Waals surface area (Å²) in [5.74, 6) is 1.75. The van der Waals surface area contributed by atoms with Crippen LogP contribution in [0.3, 0.4) is 0 Å². The monoisotopic (exact) mass is 577 g/mol.